The first-order chi connectivity index (χ1) is 8.19. The molecule has 88 valence electrons. The summed E-state index contributed by atoms with van der Waals surface area (Å²) in [6.45, 7) is 2.01. The Hall–Kier alpha value is -1.81. The molecule has 0 atom stereocenters. The Balaban J connectivity index is 2.27. The molecule has 0 bridgehead atoms. The SMILES string of the molecule is CNc1nccc(Nc2cc(Cl)ccc2C)n1. The third-order valence-electron chi connectivity index (χ3n) is 2.34. The van der Waals surface area contributed by atoms with Crippen LogP contribution in [0.25, 0.3) is 0 Å². The van der Waals surface area contributed by atoms with Crippen LogP contribution < -0.4 is 10.6 Å². The maximum atomic E-state index is 5.96. The van der Waals surface area contributed by atoms with E-state index < -0.39 is 0 Å². The molecule has 17 heavy (non-hydrogen) atoms. The maximum Gasteiger partial charge on any atom is 0.224 e. The lowest BCUT2D eigenvalue weighted by Crippen LogP contribution is -2.00. The van der Waals surface area contributed by atoms with E-state index in [0.717, 1.165) is 17.1 Å². The largest absolute Gasteiger partial charge is 0.357 e. The van der Waals surface area contributed by atoms with Gasteiger partial charge in [-0.1, -0.05) is 17.7 Å². The van der Waals surface area contributed by atoms with Gasteiger partial charge in [0.1, 0.15) is 5.82 Å². The van der Waals surface area contributed by atoms with Crippen LogP contribution in [0, 0.1) is 6.92 Å². The van der Waals surface area contributed by atoms with E-state index in [1.807, 2.05) is 25.1 Å². The molecule has 0 spiro atoms. The Morgan fingerprint density at radius 1 is 1.24 bits per heavy atom. The van der Waals surface area contributed by atoms with Gasteiger partial charge in [-0.2, -0.15) is 4.98 Å². The van der Waals surface area contributed by atoms with Crippen molar-refractivity contribution in [1.82, 2.24) is 9.97 Å². The lowest BCUT2D eigenvalue weighted by Gasteiger charge is -2.09. The number of nitrogens with one attached hydrogen (secondary N) is 2. The number of nitrogens with zero attached hydrogens (tertiary/aromatic N) is 2. The van der Waals surface area contributed by atoms with Gasteiger partial charge in [-0.05, 0) is 30.7 Å². The first kappa shape index (κ1) is 11.7. The van der Waals surface area contributed by atoms with Crippen LogP contribution in [0.15, 0.2) is 30.5 Å². The second-order valence-corrected chi connectivity index (χ2v) is 4.04. The molecule has 0 amide bonds. The van der Waals surface area contributed by atoms with Gasteiger partial charge in [0.25, 0.3) is 0 Å². The number of anilines is 3. The molecule has 0 saturated heterocycles. The second-order valence-electron chi connectivity index (χ2n) is 3.60. The van der Waals surface area contributed by atoms with Gasteiger partial charge in [0.2, 0.25) is 5.95 Å². The molecule has 0 unspecified atom stereocenters. The molecule has 1 aromatic carbocycles. The van der Waals surface area contributed by atoms with Crippen molar-refractivity contribution in [3.8, 4) is 0 Å². The van der Waals surface area contributed by atoms with E-state index in [1.165, 1.54) is 0 Å². The zero-order chi connectivity index (χ0) is 12.3. The van der Waals surface area contributed by atoms with Gasteiger partial charge < -0.3 is 10.6 Å². The van der Waals surface area contributed by atoms with E-state index >= 15 is 0 Å². The summed E-state index contributed by atoms with van der Waals surface area (Å²) in [5.74, 6) is 1.31. The minimum Gasteiger partial charge on any atom is -0.357 e. The lowest BCUT2D eigenvalue weighted by atomic mass is 10.2. The van der Waals surface area contributed by atoms with E-state index in [2.05, 4.69) is 20.6 Å². The van der Waals surface area contributed by atoms with Crippen LogP contribution in [0.1, 0.15) is 5.56 Å². The van der Waals surface area contributed by atoms with Crippen LogP contribution >= 0.6 is 11.6 Å². The third kappa shape index (κ3) is 2.85. The number of rotatable bonds is 3. The predicted molar refractivity (Wildman–Crippen MR) is 71.1 cm³/mol. The fraction of sp³-hybridized carbons (Fsp3) is 0.167. The van der Waals surface area contributed by atoms with Gasteiger partial charge in [-0.25, -0.2) is 4.98 Å². The van der Waals surface area contributed by atoms with Gasteiger partial charge in [-0.3, -0.25) is 0 Å². The summed E-state index contributed by atoms with van der Waals surface area (Å²) in [7, 11) is 1.78. The highest BCUT2D eigenvalue weighted by atomic mass is 35.5. The van der Waals surface area contributed by atoms with Crippen molar-refractivity contribution in [2.24, 2.45) is 0 Å². The molecule has 0 aliphatic carbocycles. The highest BCUT2D eigenvalue weighted by Crippen LogP contribution is 2.23. The van der Waals surface area contributed by atoms with Crippen molar-refractivity contribution < 1.29 is 0 Å². The molecule has 5 heteroatoms. The fourth-order valence-corrected chi connectivity index (χ4v) is 1.59. The molecule has 1 aromatic heterocycles. The van der Waals surface area contributed by atoms with Crippen LogP contribution in [-0.4, -0.2) is 17.0 Å². The van der Waals surface area contributed by atoms with E-state index in [9.17, 15) is 0 Å². The Morgan fingerprint density at radius 3 is 2.82 bits per heavy atom. The summed E-state index contributed by atoms with van der Waals surface area (Å²) in [6.07, 6.45) is 1.70. The summed E-state index contributed by atoms with van der Waals surface area (Å²) in [6, 6.07) is 7.51. The van der Waals surface area contributed by atoms with Crippen molar-refractivity contribution >= 4 is 29.1 Å². The zero-order valence-electron chi connectivity index (χ0n) is 9.66. The number of aromatic nitrogens is 2. The molecule has 2 rings (SSSR count). The first-order valence-corrected chi connectivity index (χ1v) is 5.61. The molecular weight excluding hydrogens is 236 g/mol. The fourth-order valence-electron chi connectivity index (χ4n) is 1.42. The summed E-state index contributed by atoms with van der Waals surface area (Å²) >= 11 is 5.96. The minimum absolute atomic E-state index is 0.578. The van der Waals surface area contributed by atoms with Crippen LogP contribution in [-0.2, 0) is 0 Å². The number of hydrogen-bond acceptors (Lipinski definition) is 4. The molecular formula is C12H13ClN4. The van der Waals surface area contributed by atoms with E-state index in [1.54, 1.807) is 19.3 Å². The van der Waals surface area contributed by atoms with Crippen molar-refractivity contribution in [1.29, 1.82) is 0 Å². The molecule has 1 heterocycles. The van der Waals surface area contributed by atoms with Crippen LogP contribution in [0.2, 0.25) is 5.02 Å². The first-order valence-electron chi connectivity index (χ1n) is 5.23. The maximum absolute atomic E-state index is 5.96. The standard InChI is InChI=1S/C12H13ClN4/c1-8-3-4-9(13)7-10(8)16-11-5-6-15-12(14-2)17-11/h3-7H,1-2H3,(H2,14,15,16,17). The van der Waals surface area contributed by atoms with Gasteiger partial charge in [0.05, 0.1) is 0 Å². The number of hydrogen-bond donors (Lipinski definition) is 2. The normalized spacial score (nSPS) is 10.1. The smallest absolute Gasteiger partial charge is 0.224 e. The molecule has 0 fully saturated rings. The van der Waals surface area contributed by atoms with E-state index in [4.69, 9.17) is 11.6 Å². The van der Waals surface area contributed by atoms with Crippen LogP contribution in [0.3, 0.4) is 0 Å². The summed E-state index contributed by atoms with van der Waals surface area (Å²) < 4.78 is 0. The average molecular weight is 249 g/mol. The van der Waals surface area contributed by atoms with Crippen molar-refractivity contribution in [2.45, 2.75) is 6.92 Å². The molecule has 4 nitrogen and oxygen atoms in total. The van der Waals surface area contributed by atoms with E-state index in [-0.39, 0.29) is 0 Å². The second kappa shape index (κ2) is 5.01. The quantitative estimate of drug-likeness (QED) is 0.876. The molecule has 2 N–H and O–H groups in total. The Labute approximate surface area is 105 Å². The van der Waals surface area contributed by atoms with Gasteiger partial charge in [-0.15, -0.1) is 0 Å². The highest BCUT2D eigenvalue weighted by molar-refractivity contribution is 6.30. The Bertz CT molecular complexity index is 528. The minimum atomic E-state index is 0.578. The van der Waals surface area contributed by atoms with Crippen molar-refractivity contribution in [3.63, 3.8) is 0 Å². The monoisotopic (exact) mass is 248 g/mol. The summed E-state index contributed by atoms with van der Waals surface area (Å²) in [5, 5.41) is 6.80. The molecule has 0 aliphatic rings. The Morgan fingerprint density at radius 2 is 2.06 bits per heavy atom. The van der Waals surface area contributed by atoms with Gasteiger partial charge in [0.15, 0.2) is 0 Å². The van der Waals surface area contributed by atoms with Crippen LogP contribution in [0.5, 0.6) is 0 Å². The van der Waals surface area contributed by atoms with Gasteiger partial charge >= 0.3 is 0 Å². The predicted octanol–water partition coefficient (Wildman–Crippen LogP) is 3.22. The van der Waals surface area contributed by atoms with Crippen molar-refractivity contribution in [3.05, 3.63) is 41.0 Å². The zero-order valence-corrected chi connectivity index (χ0v) is 10.4. The molecule has 0 saturated carbocycles. The number of benzene rings is 1. The van der Waals surface area contributed by atoms with Gasteiger partial charge in [0, 0.05) is 24.0 Å². The highest BCUT2D eigenvalue weighted by Gasteiger charge is 2.02. The summed E-state index contributed by atoms with van der Waals surface area (Å²) in [5.41, 5.74) is 2.05. The summed E-state index contributed by atoms with van der Waals surface area (Å²) in [4.78, 5) is 8.33. The number of halogens is 1. The lowest BCUT2D eigenvalue weighted by molar-refractivity contribution is 1.15. The third-order valence-corrected chi connectivity index (χ3v) is 2.58. The molecule has 2 aromatic rings. The van der Waals surface area contributed by atoms with E-state index in [0.29, 0.717) is 11.0 Å². The van der Waals surface area contributed by atoms with Crippen molar-refractivity contribution in [2.75, 3.05) is 17.7 Å². The molecule has 0 aliphatic heterocycles. The number of aryl methyl sites for hydroxylation is 1. The molecule has 0 radical (unpaired) electrons. The average Bonchev–Trinajstić information content (AvgIpc) is 2.34. The Kier molecular flexibility index (Phi) is 3.44. The topological polar surface area (TPSA) is 49.8 Å². The van der Waals surface area contributed by atoms with Crippen LogP contribution in [0.4, 0.5) is 17.5 Å².